The lowest BCUT2D eigenvalue weighted by Gasteiger charge is -2.27. The first-order chi connectivity index (χ1) is 17.9. The van der Waals surface area contributed by atoms with Gasteiger partial charge in [-0.1, -0.05) is 69.2 Å². The summed E-state index contributed by atoms with van der Waals surface area (Å²) in [5.74, 6) is 7.68. The first kappa shape index (κ1) is 27.2. The monoisotopic (exact) mass is 518 g/mol. The quantitative estimate of drug-likeness (QED) is 0.169. The van der Waals surface area contributed by atoms with Crippen molar-refractivity contribution in [1.82, 2.24) is 19.7 Å². The largest absolute Gasteiger partial charge is 0.359 e. The van der Waals surface area contributed by atoms with Crippen LogP contribution in [0.25, 0.3) is 22.5 Å². The molecule has 1 aliphatic rings. The Balaban J connectivity index is 1.43. The molecule has 1 aromatic carbocycles. The number of halogens is 1. The Morgan fingerprint density at radius 1 is 1.00 bits per heavy atom. The summed E-state index contributed by atoms with van der Waals surface area (Å²) in [6, 6.07) is 13.6. The highest BCUT2D eigenvalue weighted by Crippen LogP contribution is 2.36. The summed E-state index contributed by atoms with van der Waals surface area (Å²) in [6.07, 6.45) is 8.43. The summed E-state index contributed by atoms with van der Waals surface area (Å²) < 4.78 is 20.1. The number of alkyl halides is 1. The van der Waals surface area contributed by atoms with Crippen LogP contribution in [0.2, 0.25) is 25.7 Å². The predicted octanol–water partition coefficient (Wildman–Crippen LogP) is 7.32. The summed E-state index contributed by atoms with van der Waals surface area (Å²) in [6.45, 7) is 9.44. The maximum atomic E-state index is 12.7. The van der Waals surface area contributed by atoms with Gasteiger partial charge in [0.05, 0.1) is 0 Å². The molecule has 1 fully saturated rings. The van der Waals surface area contributed by atoms with Gasteiger partial charge in [-0.15, -0.1) is 5.10 Å². The third-order valence-corrected chi connectivity index (χ3v) is 8.96. The second-order valence-corrected chi connectivity index (χ2v) is 16.8. The molecule has 0 radical (unpaired) electrons. The minimum Gasteiger partial charge on any atom is -0.359 e. The highest BCUT2D eigenvalue weighted by Gasteiger charge is 2.22. The normalized spacial score (nSPS) is 17.9. The van der Waals surface area contributed by atoms with Gasteiger partial charge < -0.3 is 4.74 Å². The van der Waals surface area contributed by atoms with E-state index in [2.05, 4.69) is 72.8 Å². The van der Waals surface area contributed by atoms with Crippen LogP contribution in [0.15, 0.2) is 42.6 Å². The van der Waals surface area contributed by atoms with E-state index in [0.717, 1.165) is 28.7 Å². The number of hydrogen-bond donors (Lipinski definition) is 0. The van der Waals surface area contributed by atoms with Crippen LogP contribution >= 0.6 is 0 Å². The van der Waals surface area contributed by atoms with Crippen LogP contribution in [0, 0.1) is 17.8 Å². The van der Waals surface area contributed by atoms with Crippen molar-refractivity contribution >= 4 is 8.07 Å². The fraction of sp³-hybridized carbons (Fsp3) is 0.500. The number of aromatic nitrogens is 4. The first-order valence-electron chi connectivity index (χ1n) is 13.5. The van der Waals surface area contributed by atoms with Crippen LogP contribution < -0.4 is 0 Å². The molecule has 5 nitrogen and oxygen atoms in total. The molecule has 2 heterocycles. The van der Waals surface area contributed by atoms with Crippen LogP contribution in [-0.4, -0.2) is 41.1 Å². The van der Waals surface area contributed by atoms with Crippen LogP contribution in [-0.2, 0) is 11.5 Å². The zero-order valence-electron chi connectivity index (χ0n) is 22.6. The highest BCUT2D eigenvalue weighted by molar-refractivity contribution is 6.76. The third-order valence-electron chi connectivity index (χ3n) is 7.25. The van der Waals surface area contributed by atoms with Crippen molar-refractivity contribution in [3.63, 3.8) is 0 Å². The molecular weight excluding hydrogens is 479 g/mol. The van der Waals surface area contributed by atoms with Crippen LogP contribution in [0.3, 0.4) is 0 Å². The molecule has 0 unspecified atom stereocenters. The lowest BCUT2D eigenvalue weighted by Crippen LogP contribution is -2.22. The topological polar surface area (TPSA) is 52.8 Å². The lowest BCUT2D eigenvalue weighted by molar-refractivity contribution is 0.0778. The molecule has 0 bridgehead atoms. The van der Waals surface area contributed by atoms with Crippen LogP contribution in [0.4, 0.5) is 4.39 Å². The zero-order valence-corrected chi connectivity index (χ0v) is 23.6. The minimum atomic E-state index is -1.18. The summed E-state index contributed by atoms with van der Waals surface area (Å²) in [5, 5.41) is 4.60. The van der Waals surface area contributed by atoms with Crippen molar-refractivity contribution in [2.24, 2.45) is 5.92 Å². The van der Waals surface area contributed by atoms with Gasteiger partial charge in [0.15, 0.2) is 12.5 Å². The van der Waals surface area contributed by atoms with E-state index in [1.807, 2.05) is 18.3 Å². The summed E-state index contributed by atoms with van der Waals surface area (Å²) in [7, 11) is -1.18. The molecule has 37 heavy (non-hydrogen) atoms. The Hall–Kier alpha value is -2.82. The molecule has 0 aliphatic heterocycles. The molecule has 7 heteroatoms. The maximum Gasteiger partial charge on any atom is 0.206 e. The van der Waals surface area contributed by atoms with Crippen molar-refractivity contribution < 1.29 is 9.13 Å². The van der Waals surface area contributed by atoms with Gasteiger partial charge in [0.25, 0.3) is 0 Å². The fourth-order valence-electron chi connectivity index (χ4n) is 4.78. The Morgan fingerprint density at radius 3 is 2.32 bits per heavy atom. The van der Waals surface area contributed by atoms with Crippen molar-refractivity contribution in [2.75, 3.05) is 13.3 Å². The van der Waals surface area contributed by atoms with E-state index in [0.29, 0.717) is 24.2 Å². The second kappa shape index (κ2) is 12.6. The Labute approximate surface area is 221 Å². The van der Waals surface area contributed by atoms with Crippen LogP contribution in [0.1, 0.15) is 56.5 Å². The molecule has 196 valence electrons. The van der Waals surface area contributed by atoms with E-state index in [4.69, 9.17) is 9.72 Å². The maximum absolute atomic E-state index is 12.7. The fourth-order valence-corrected chi connectivity index (χ4v) is 5.54. The standard InChI is InChI=1S/C30H39FN4OSi/c1-5-23-8-10-25(11-9-23)28-17-16-27(21-32-28)24-12-14-26(15-13-24)30-33-29(7-6-18-31)35(34-30)22-36-19-20-37(2,3)4/h12-17,21,23,25H,5,8-11,18-20,22H2,1-4H3. The molecular formula is C30H39FN4OSi. The molecule has 0 saturated heterocycles. The molecule has 0 amide bonds. The predicted molar refractivity (Wildman–Crippen MR) is 151 cm³/mol. The smallest absolute Gasteiger partial charge is 0.206 e. The molecule has 2 aromatic heterocycles. The van der Waals surface area contributed by atoms with E-state index in [-0.39, 0.29) is 6.73 Å². The Bertz CT molecular complexity index is 1200. The molecule has 0 spiro atoms. The number of pyridine rings is 1. The highest BCUT2D eigenvalue weighted by atomic mass is 28.3. The molecule has 0 N–H and O–H groups in total. The number of benzene rings is 1. The van der Waals surface area contributed by atoms with Crippen LogP contribution in [0.5, 0.6) is 0 Å². The Morgan fingerprint density at radius 2 is 1.70 bits per heavy atom. The summed E-state index contributed by atoms with van der Waals surface area (Å²) in [5.41, 5.74) is 4.30. The Kier molecular flexibility index (Phi) is 9.28. The van der Waals surface area contributed by atoms with Gasteiger partial charge in [0.1, 0.15) is 6.73 Å². The second-order valence-electron chi connectivity index (χ2n) is 11.2. The average Bonchev–Trinajstić information content (AvgIpc) is 3.32. The SMILES string of the molecule is CCC1CCC(c2ccc(-c3ccc(-c4nc(C#CCF)n(COCC[Si](C)(C)C)n4)cc3)cn2)CC1. The average molecular weight is 519 g/mol. The number of rotatable bonds is 9. The first-order valence-corrected chi connectivity index (χ1v) is 17.2. The third kappa shape index (κ3) is 7.59. The van der Waals surface area contributed by atoms with Gasteiger partial charge in [-0.2, -0.15) is 4.98 Å². The minimum absolute atomic E-state index is 0.254. The van der Waals surface area contributed by atoms with E-state index < -0.39 is 14.7 Å². The van der Waals surface area contributed by atoms with E-state index in [1.165, 1.54) is 37.8 Å². The molecule has 3 aromatic rings. The van der Waals surface area contributed by atoms with Gasteiger partial charge in [0, 0.05) is 43.6 Å². The molecule has 0 atom stereocenters. The van der Waals surface area contributed by atoms with E-state index >= 15 is 0 Å². The van der Waals surface area contributed by atoms with Gasteiger partial charge >= 0.3 is 0 Å². The zero-order chi connectivity index (χ0) is 26.3. The summed E-state index contributed by atoms with van der Waals surface area (Å²) >= 11 is 0. The van der Waals surface area contributed by atoms with Crippen molar-refractivity contribution in [3.8, 4) is 34.4 Å². The van der Waals surface area contributed by atoms with E-state index in [9.17, 15) is 4.39 Å². The van der Waals surface area contributed by atoms with Crippen molar-refractivity contribution in [2.45, 2.75) is 77.4 Å². The number of ether oxygens (including phenoxy) is 1. The molecule has 1 aliphatic carbocycles. The number of hydrogen-bond acceptors (Lipinski definition) is 4. The number of nitrogens with zero attached hydrogens (tertiary/aromatic N) is 4. The van der Waals surface area contributed by atoms with Crippen molar-refractivity contribution in [1.29, 1.82) is 0 Å². The van der Waals surface area contributed by atoms with Gasteiger partial charge in [-0.05, 0) is 55.2 Å². The van der Waals surface area contributed by atoms with Gasteiger partial charge in [-0.3, -0.25) is 4.98 Å². The van der Waals surface area contributed by atoms with Gasteiger partial charge in [0.2, 0.25) is 5.82 Å². The van der Waals surface area contributed by atoms with E-state index in [1.54, 1.807) is 4.68 Å². The molecule has 1 saturated carbocycles. The molecule has 4 rings (SSSR count). The van der Waals surface area contributed by atoms with Gasteiger partial charge in [-0.25, -0.2) is 9.07 Å². The lowest BCUT2D eigenvalue weighted by atomic mass is 9.79. The summed E-state index contributed by atoms with van der Waals surface area (Å²) in [4.78, 5) is 9.37. The van der Waals surface area contributed by atoms with Crippen molar-refractivity contribution in [3.05, 3.63) is 54.1 Å².